The Morgan fingerprint density at radius 3 is 1.19 bits per heavy atom. The van der Waals surface area contributed by atoms with Gasteiger partial charge in [0.1, 0.15) is 19.3 Å². The smallest absolute Gasteiger partial charge is 0.306 e. The van der Waals surface area contributed by atoms with E-state index < -0.39 is 26.6 Å². The van der Waals surface area contributed by atoms with E-state index in [0.717, 1.165) is 148 Å². The predicted octanol–water partition coefficient (Wildman–Crippen LogP) is 20.0. The summed E-state index contributed by atoms with van der Waals surface area (Å²) in [5.74, 6) is -0.571. The van der Waals surface area contributed by atoms with Gasteiger partial charge in [-0.05, 0) is 115 Å². The molecule has 0 heterocycles. The van der Waals surface area contributed by atoms with Crippen molar-refractivity contribution in [3.8, 4) is 0 Å². The summed E-state index contributed by atoms with van der Waals surface area (Å²) >= 11 is 0. The van der Waals surface area contributed by atoms with Crippen LogP contribution in [0, 0.1) is 0 Å². The van der Waals surface area contributed by atoms with E-state index >= 15 is 0 Å². The number of carbonyl (C=O) groups is 2. The molecule has 464 valence electrons. The Hall–Kier alpha value is -3.59. The number of amides is 1. The van der Waals surface area contributed by atoms with E-state index in [1.54, 1.807) is 0 Å². The van der Waals surface area contributed by atoms with E-state index in [-0.39, 0.29) is 24.9 Å². The monoisotopic (exact) mass is 1150 g/mol. The van der Waals surface area contributed by atoms with Gasteiger partial charge in [-0.25, -0.2) is 0 Å². The Morgan fingerprint density at radius 2 is 0.790 bits per heavy atom. The summed E-state index contributed by atoms with van der Waals surface area (Å²) in [5, 5.41) is 3.02. The minimum atomic E-state index is -4.71. The SMILES string of the molecule is CC/C=C\C/C=C\C/C=C\C/C=C\C/C=C\C/C=C\CCCCCCCCCCC(=O)OC(/C=C\CCCCCCCCCCCC)C(COP(=O)([O-])OCC[N+](C)(C)C)NC(=O)CCCCCCCC/C=C/C/C=C/C/C=C/CC. The van der Waals surface area contributed by atoms with Gasteiger partial charge in [-0.1, -0.05) is 258 Å². The fourth-order valence-electron chi connectivity index (χ4n) is 8.89. The molecule has 0 aliphatic heterocycles. The molecule has 0 aromatic carbocycles. The molecular weight excluding hydrogens is 1020 g/mol. The van der Waals surface area contributed by atoms with Gasteiger partial charge in [0.25, 0.3) is 7.82 Å². The Morgan fingerprint density at radius 1 is 0.444 bits per heavy atom. The van der Waals surface area contributed by atoms with Crippen molar-refractivity contribution in [2.45, 2.75) is 277 Å². The van der Waals surface area contributed by atoms with Crippen LogP contribution in [-0.2, 0) is 27.9 Å². The van der Waals surface area contributed by atoms with E-state index in [0.29, 0.717) is 23.9 Å². The second-order valence-corrected chi connectivity index (χ2v) is 24.3. The number of phosphoric ester groups is 1. The maximum absolute atomic E-state index is 13.5. The molecule has 10 heteroatoms. The van der Waals surface area contributed by atoms with Gasteiger partial charge >= 0.3 is 5.97 Å². The summed E-state index contributed by atoms with van der Waals surface area (Å²) in [4.78, 5) is 40.1. The molecule has 3 atom stereocenters. The zero-order chi connectivity index (χ0) is 59.3. The standard InChI is InChI=1S/C71H123N2O7P/c1-7-10-13-16-19-22-25-28-30-32-33-34-35-36-37-38-39-40-41-42-44-46-49-52-55-58-61-64-71(75)80-69(62-59-56-53-50-47-27-24-21-18-15-12-9-3)68(67-79-81(76,77)78-66-65-73(4,5)6)72-70(74)63-60-57-54-51-48-45-43-31-29-26-23-20-17-14-11-8-2/h10-11,13-14,19-20,22-23,28-31,33-34,36-37,39-40,59,62,68-69H,7-9,12,15-18,21,24-27,32,35,38,41-58,60-61,63-67H2,1-6H3,(H-,72,74,76,77)/b13-10-,14-11+,22-19-,23-20+,30-28-,31-29+,34-33-,37-36-,40-39-,62-59-. The van der Waals surface area contributed by atoms with Gasteiger partial charge in [0.15, 0.2) is 0 Å². The van der Waals surface area contributed by atoms with Gasteiger partial charge in [-0.15, -0.1) is 0 Å². The van der Waals surface area contributed by atoms with Crippen LogP contribution in [-0.4, -0.2) is 69.4 Å². The molecule has 0 aliphatic rings. The Labute approximate surface area is 499 Å². The number of esters is 1. The van der Waals surface area contributed by atoms with Crippen molar-refractivity contribution >= 4 is 19.7 Å². The summed E-state index contributed by atoms with van der Waals surface area (Å²) in [7, 11) is 1.16. The van der Waals surface area contributed by atoms with E-state index in [2.05, 4.69) is 135 Å². The molecule has 1 N–H and O–H groups in total. The number of likely N-dealkylation sites (N-methyl/N-ethyl adjacent to an activating group) is 1. The minimum Gasteiger partial charge on any atom is -0.756 e. The molecule has 0 saturated heterocycles. The second kappa shape index (κ2) is 59.6. The molecule has 0 bridgehead atoms. The third-order valence-electron chi connectivity index (χ3n) is 13.9. The van der Waals surface area contributed by atoms with Crippen molar-refractivity contribution in [3.05, 3.63) is 122 Å². The molecule has 0 aliphatic carbocycles. The van der Waals surface area contributed by atoms with Gasteiger partial charge in [0, 0.05) is 12.8 Å². The molecule has 1 amide bonds. The summed E-state index contributed by atoms with van der Waals surface area (Å²) in [5.41, 5.74) is 0. The number of phosphoric acid groups is 1. The van der Waals surface area contributed by atoms with Crippen LogP contribution in [0.2, 0.25) is 0 Å². The van der Waals surface area contributed by atoms with Gasteiger partial charge < -0.3 is 28.5 Å². The van der Waals surface area contributed by atoms with Crippen LogP contribution in [0.1, 0.15) is 265 Å². The molecule has 0 saturated carbocycles. The van der Waals surface area contributed by atoms with Crippen molar-refractivity contribution in [2.75, 3.05) is 40.9 Å². The number of nitrogens with one attached hydrogen (secondary N) is 1. The summed E-state index contributed by atoms with van der Waals surface area (Å²) < 4.78 is 30.3. The second-order valence-electron chi connectivity index (χ2n) is 22.9. The van der Waals surface area contributed by atoms with Crippen molar-refractivity contribution < 1.29 is 37.3 Å². The molecule has 0 radical (unpaired) electrons. The molecule has 0 aromatic heterocycles. The number of hydrogen-bond acceptors (Lipinski definition) is 7. The molecule has 3 unspecified atom stereocenters. The van der Waals surface area contributed by atoms with Crippen molar-refractivity contribution in [2.24, 2.45) is 0 Å². The molecule has 0 spiro atoms. The summed E-state index contributed by atoms with van der Waals surface area (Å²) in [6.45, 7) is 6.59. The van der Waals surface area contributed by atoms with Crippen molar-refractivity contribution in [1.29, 1.82) is 0 Å². The Balaban J connectivity index is 5.16. The molecular formula is C71H123N2O7P. The first-order chi connectivity index (χ1) is 39.4. The molecule has 0 fully saturated rings. The lowest BCUT2D eigenvalue weighted by molar-refractivity contribution is -0.870. The van der Waals surface area contributed by atoms with Crippen LogP contribution < -0.4 is 10.2 Å². The number of ether oxygens (including phenoxy) is 1. The lowest BCUT2D eigenvalue weighted by Gasteiger charge is -2.30. The lowest BCUT2D eigenvalue weighted by atomic mass is 10.0. The van der Waals surface area contributed by atoms with Crippen molar-refractivity contribution in [1.82, 2.24) is 5.32 Å². The largest absolute Gasteiger partial charge is 0.756 e. The number of rotatable bonds is 58. The predicted molar refractivity (Wildman–Crippen MR) is 348 cm³/mol. The highest BCUT2D eigenvalue weighted by Crippen LogP contribution is 2.38. The third kappa shape index (κ3) is 60.8. The van der Waals surface area contributed by atoms with Gasteiger partial charge in [0.05, 0.1) is 33.8 Å². The highest BCUT2D eigenvalue weighted by molar-refractivity contribution is 7.45. The van der Waals surface area contributed by atoms with Crippen LogP contribution in [0.25, 0.3) is 0 Å². The first kappa shape index (κ1) is 77.4. The number of allylic oxidation sites excluding steroid dienone is 19. The van der Waals surface area contributed by atoms with E-state index in [1.165, 1.54) is 77.0 Å². The van der Waals surface area contributed by atoms with Crippen LogP contribution in [0.3, 0.4) is 0 Å². The number of quaternary nitrogens is 1. The van der Waals surface area contributed by atoms with Crippen LogP contribution in [0.5, 0.6) is 0 Å². The Bertz CT molecular complexity index is 1800. The average Bonchev–Trinajstić information content (AvgIpc) is 3.44. The number of carbonyl (C=O) groups excluding carboxylic acids is 2. The number of hydrogen-bond donors (Lipinski definition) is 1. The molecule has 81 heavy (non-hydrogen) atoms. The topological polar surface area (TPSA) is 114 Å². The highest BCUT2D eigenvalue weighted by Gasteiger charge is 2.27. The highest BCUT2D eigenvalue weighted by atomic mass is 31.2. The fourth-order valence-corrected chi connectivity index (χ4v) is 9.62. The van der Waals surface area contributed by atoms with Crippen LogP contribution in [0.15, 0.2) is 122 Å². The van der Waals surface area contributed by atoms with Gasteiger partial charge in [-0.2, -0.15) is 0 Å². The Kier molecular flexibility index (Phi) is 56.9. The normalized spacial score (nSPS) is 14.4. The van der Waals surface area contributed by atoms with Crippen LogP contribution in [0.4, 0.5) is 0 Å². The van der Waals surface area contributed by atoms with E-state index in [4.69, 9.17) is 13.8 Å². The first-order valence-electron chi connectivity index (χ1n) is 32.8. The average molecular weight is 1150 g/mol. The van der Waals surface area contributed by atoms with Gasteiger partial charge in [-0.3, -0.25) is 14.2 Å². The zero-order valence-electron chi connectivity index (χ0n) is 52.9. The lowest BCUT2D eigenvalue weighted by Crippen LogP contribution is -2.47. The van der Waals surface area contributed by atoms with Gasteiger partial charge in [0.2, 0.25) is 5.91 Å². The van der Waals surface area contributed by atoms with E-state index in [9.17, 15) is 19.0 Å². The minimum absolute atomic E-state index is 0.0325. The summed E-state index contributed by atoms with van der Waals surface area (Å²) in [6, 6.07) is -0.907. The maximum Gasteiger partial charge on any atom is 0.306 e. The third-order valence-corrected chi connectivity index (χ3v) is 14.9. The molecule has 0 rings (SSSR count). The van der Waals surface area contributed by atoms with Crippen molar-refractivity contribution in [3.63, 3.8) is 0 Å². The fraction of sp³-hybridized carbons (Fsp3) is 0.690. The number of unbranched alkanes of at least 4 members (excludes halogenated alkanes) is 24. The van der Waals surface area contributed by atoms with Crippen LogP contribution >= 0.6 is 7.82 Å². The molecule has 9 nitrogen and oxygen atoms in total. The number of nitrogens with zero attached hydrogens (tertiary/aromatic N) is 1. The first-order valence-corrected chi connectivity index (χ1v) is 34.3. The summed E-state index contributed by atoms with van der Waals surface area (Å²) in [6.07, 6.45) is 83.1. The molecule has 0 aromatic rings. The maximum atomic E-state index is 13.5. The van der Waals surface area contributed by atoms with E-state index in [1.807, 2.05) is 33.3 Å². The zero-order valence-corrected chi connectivity index (χ0v) is 53.8. The quantitative estimate of drug-likeness (QED) is 0.0212.